The van der Waals surface area contributed by atoms with E-state index in [-0.39, 0.29) is 0 Å². The summed E-state index contributed by atoms with van der Waals surface area (Å²) in [6, 6.07) is 0. The highest BCUT2D eigenvalue weighted by Gasteiger charge is 2.26. The van der Waals surface area contributed by atoms with Crippen LogP contribution in [0.5, 0.6) is 5.88 Å². The van der Waals surface area contributed by atoms with E-state index in [0.717, 1.165) is 31.0 Å². The predicted molar refractivity (Wildman–Crippen MR) is 47.6 cm³/mol. The van der Waals surface area contributed by atoms with Crippen LogP contribution in [-0.4, -0.2) is 21.5 Å². The number of hydrogen-bond donors (Lipinski definition) is 1. The molecule has 0 spiro atoms. The lowest BCUT2D eigenvalue weighted by molar-refractivity contribution is 0.0728. The van der Waals surface area contributed by atoms with Crippen molar-refractivity contribution < 1.29 is 9.84 Å². The topological polar surface area (TPSA) is 47.3 Å². The zero-order chi connectivity index (χ0) is 9.47. The zero-order valence-electron chi connectivity index (χ0n) is 7.95. The average Bonchev–Trinajstić information content (AvgIpc) is 2.45. The monoisotopic (exact) mass is 182 g/mol. The number of aliphatic hydroxyl groups is 1. The van der Waals surface area contributed by atoms with Gasteiger partial charge in [0.25, 0.3) is 0 Å². The summed E-state index contributed by atoms with van der Waals surface area (Å²) < 4.78 is 7.26. The van der Waals surface area contributed by atoms with Crippen LogP contribution in [0.3, 0.4) is 0 Å². The number of ether oxygens (including phenoxy) is 1. The number of nitrogens with zero attached hydrogens (tertiary/aromatic N) is 2. The number of aromatic nitrogens is 2. The maximum Gasteiger partial charge on any atom is 0.217 e. The Morgan fingerprint density at radius 2 is 2.38 bits per heavy atom. The minimum atomic E-state index is -0.870. The fourth-order valence-electron chi connectivity index (χ4n) is 1.49. The smallest absolute Gasteiger partial charge is 0.217 e. The van der Waals surface area contributed by atoms with Gasteiger partial charge in [0.15, 0.2) is 0 Å². The molecule has 0 saturated carbocycles. The number of aryl methyl sites for hydroxylation is 1. The second kappa shape index (κ2) is 2.73. The van der Waals surface area contributed by atoms with Crippen molar-refractivity contribution in [1.29, 1.82) is 0 Å². The average molecular weight is 182 g/mol. The van der Waals surface area contributed by atoms with Crippen LogP contribution in [-0.2, 0) is 12.1 Å². The normalized spacial score (nSPS) is 16.5. The van der Waals surface area contributed by atoms with Gasteiger partial charge in [-0.1, -0.05) is 0 Å². The largest absolute Gasteiger partial charge is 0.477 e. The standard InChI is InChI=1S/C9H14N2O2/c1-9(2,12)7-6-10-11-4-3-5-13-8(7)11/h6,12H,3-5H2,1-2H3. The molecular weight excluding hydrogens is 168 g/mol. The van der Waals surface area contributed by atoms with E-state index in [2.05, 4.69) is 5.10 Å². The van der Waals surface area contributed by atoms with Gasteiger partial charge in [-0.2, -0.15) is 5.10 Å². The first-order valence-corrected chi connectivity index (χ1v) is 4.50. The van der Waals surface area contributed by atoms with Gasteiger partial charge in [0.1, 0.15) is 0 Å². The summed E-state index contributed by atoms with van der Waals surface area (Å²) in [6.45, 7) is 5.08. The zero-order valence-corrected chi connectivity index (χ0v) is 7.95. The van der Waals surface area contributed by atoms with Crippen LogP contribution in [0.15, 0.2) is 6.20 Å². The Bertz CT molecular complexity index is 312. The molecule has 13 heavy (non-hydrogen) atoms. The first kappa shape index (κ1) is 8.56. The van der Waals surface area contributed by atoms with E-state index in [1.165, 1.54) is 0 Å². The van der Waals surface area contributed by atoms with Gasteiger partial charge in [-0.15, -0.1) is 0 Å². The van der Waals surface area contributed by atoms with Crippen molar-refractivity contribution in [3.8, 4) is 5.88 Å². The van der Waals surface area contributed by atoms with Gasteiger partial charge in [0.2, 0.25) is 5.88 Å². The van der Waals surface area contributed by atoms with E-state index in [4.69, 9.17) is 4.74 Å². The molecule has 1 N–H and O–H groups in total. The summed E-state index contributed by atoms with van der Waals surface area (Å²) in [4.78, 5) is 0. The van der Waals surface area contributed by atoms with Gasteiger partial charge in [-0.25, -0.2) is 4.68 Å². The van der Waals surface area contributed by atoms with Crippen molar-refractivity contribution in [1.82, 2.24) is 9.78 Å². The third-order valence-corrected chi connectivity index (χ3v) is 2.20. The van der Waals surface area contributed by atoms with Crippen LogP contribution < -0.4 is 4.74 Å². The lowest BCUT2D eigenvalue weighted by atomic mass is 10.0. The Labute approximate surface area is 77.1 Å². The van der Waals surface area contributed by atoms with Gasteiger partial charge in [0.05, 0.1) is 24.0 Å². The van der Waals surface area contributed by atoms with E-state index in [9.17, 15) is 5.11 Å². The quantitative estimate of drug-likeness (QED) is 0.701. The molecule has 0 atom stereocenters. The SMILES string of the molecule is CC(C)(O)c1cnn2c1OCCC2. The molecule has 1 aromatic heterocycles. The van der Waals surface area contributed by atoms with Crippen molar-refractivity contribution >= 4 is 0 Å². The van der Waals surface area contributed by atoms with Crippen LogP contribution in [0.2, 0.25) is 0 Å². The Morgan fingerprint density at radius 1 is 1.62 bits per heavy atom. The van der Waals surface area contributed by atoms with Crippen molar-refractivity contribution in [2.75, 3.05) is 6.61 Å². The minimum absolute atomic E-state index is 0.717. The molecule has 0 aromatic carbocycles. The molecule has 72 valence electrons. The Hall–Kier alpha value is -1.03. The predicted octanol–water partition coefficient (Wildman–Crippen LogP) is 0.893. The molecule has 1 aliphatic heterocycles. The van der Waals surface area contributed by atoms with Crippen LogP contribution >= 0.6 is 0 Å². The molecular formula is C9H14N2O2. The summed E-state index contributed by atoms with van der Waals surface area (Å²) in [7, 11) is 0. The fourth-order valence-corrected chi connectivity index (χ4v) is 1.49. The van der Waals surface area contributed by atoms with Gasteiger partial charge in [-0.3, -0.25) is 0 Å². The molecule has 0 fully saturated rings. The fraction of sp³-hybridized carbons (Fsp3) is 0.667. The van der Waals surface area contributed by atoms with Gasteiger partial charge < -0.3 is 9.84 Å². The molecule has 0 saturated heterocycles. The highest BCUT2D eigenvalue weighted by atomic mass is 16.5. The molecule has 0 radical (unpaired) electrons. The van der Waals surface area contributed by atoms with Crippen LogP contribution in [0.1, 0.15) is 25.8 Å². The van der Waals surface area contributed by atoms with E-state index < -0.39 is 5.60 Å². The first-order chi connectivity index (χ1) is 6.09. The second-order valence-corrected chi connectivity index (χ2v) is 3.85. The van der Waals surface area contributed by atoms with Crippen LogP contribution in [0.4, 0.5) is 0 Å². The van der Waals surface area contributed by atoms with Gasteiger partial charge in [-0.05, 0) is 13.8 Å². The lowest BCUT2D eigenvalue weighted by Crippen LogP contribution is -2.20. The molecule has 0 amide bonds. The highest BCUT2D eigenvalue weighted by molar-refractivity contribution is 5.30. The van der Waals surface area contributed by atoms with E-state index in [0.29, 0.717) is 0 Å². The minimum Gasteiger partial charge on any atom is -0.477 e. The van der Waals surface area contributed by atoms with Crippen molar-refractivity contribution in [2.45, 2.75) is 32.4 Å². The van der Waals surface area contributed by atoms with E-state index >= 15 is 0 Å². The molecule has 4 nitrogen and oxygen atoms in total. The molecule has 1 aromatic rings. The van der Waals surface area contributed by atoms with Crippen LogP contribution in [0.25, 0.3) is 0 Å². The maximum atomic E-state index is 9.80. The van der Waals surface area contributed by atoms with E-state index in [1.54, 1.807) is 24.7 Å². The number of hydrogen-bond acceptors (Lipinski definition) is 3. The molecule has 0 unspecified atom stereocenters. The maximum absolute atomic E-state index is 9.80. The summed E-state index contributed by atoms with van der Waals surface area (Å²) in [5.74, 6) is 0.721. The third-order valence-electron chi connectivity index (χ3n) is 2.20. The summed E-state index contributed by atoms with van der Waals surface area (Å²) >= 11 is 0. The molecule has 0 bridgehead atoms. The van der Waals surface area contributed by atoms with Crippen molar-refractivity contribution in [3.05, 3.63) is 11.8 Å². The summed E-state index contributed by atoms with van der Waals surface area (Å²) in [5.41, 5.74) is -0.0996. The lowest BCUT2D eigenvalue weighted by Gasteiger charge is -2.21. The molecule has 2 rings (SSSR count). The molecule has 1 aliphatic rings. The highest BCUT2D eigenvalue weighted by Crippen LogP contribution is 2.31. The summed E-state index contributed by atoms with van der Waals surface area (Å²) in [6.07, 6.45) is 2.67. The molecule has 2 heterocycles. The van der Waals surface area contributed by atoms with Crippen molar-refractivity contribution in [2.24, 2.45) is 0 Å². The number of rotatable bonds is 1. The molecule has 0 aliphatic carbocycles. The Balaban J connectivity index is 2.43. The van der Waals surface area contributed by atoms with Crippen molar-refractivity contribution in [3.63, 3.8) is 0 Å². The first-order valence-electron chi connectivity index (χ1n) is 4.50. The Morgan fingerprint density at radius 3 is 3.08 bits per heavy atom. The summed E-state index contributed by atoms with van der Waals surface area (Å²) in [5, 5.41) is 14.0. The van der Waals surface area contributed by atoms with E-state index in [1.807, 2.05) is 0 Å². The van der Waals surface area contributed by atoms with Crippen LogP contribution in [0, 0.1) is 0 Å². The third kappa shape index (κ3) is 1.42. The molecule has 4 heteroatoms. The van der Waals surface area contributed by atoms with Gasteiger partial charge in [0, 0.05) is 13.0 Å². The number of fused-ring (bicyclic) bond motifs is 1. The Kier molecular flexibility index (Phi) is 1.80. The second-order valence-electron chi connectivity index (χ2n) is 3.85. The van der Waals surface area contributed by atoms with Gasteiger partial charge >= 0.3 is 0 Å².